The van der Waals surface area contributed by atoms with E-state index in [0.717, 1.165) is 78.6 Å². The predicted octanol–water partition coefficient (Wildman–Crippen LogP) is 16.6. The molecule has 0 saturated carbocycles. The van der Waals surface area contributed by atoms with Gasteiger partial charge >= 0.3 is 0 Å². The topological polar surface area (TPSA) is 23.8 Å². The van der Waals surface area contributed by atoms with E-state index in [2.05, 4.69) is 131 Å². The van der Waals surface area contributed by atoms with Gasteiger partial charge in [-0.3, -0.25) is 4.40 Å². The molecule has 0 aliphatic carbocycles. The number of nitrogens with zero attached hydrogens (tertiary/aromatic N) is 4. The Morgan fingerprint density at radius 3 is 1.06 bits per heavy atom. The van der Waals surface area contributed by atoms with Crippen LogP contribution < -0.4 is 9.80 Å². The third-order valence-electron chi connectivity index (χ3n) is 11.7. The van der Waals surface area contributed by atoms with Crippen molar-refractivity contribution in [2.45, 2.75) is 0 Å². The molecule has 9 aromatic carbocycles. The zero-order valence-corrected chi connectivity index (χ0v) is 35.3. The summed E-state index contributed by atoms with van der Waals surface area (Å²) >= 11 is 0. The first-order valence-corrected chi connectivity index (χ1v) is 21.6. The number of aromatic nitrogens is 2. The van der Waals surface area contributed by atoms with Crippen LogP contribution in [-0.2, 0) is 0 Å². The molecule has 0 atom stereocenters. The van der Waals surface area contributed by atoms with Crippen molar-refractivity contribution in [1.29, 1.82) is 0 Å². The van der Waals surface area contributed by atoms with Crippen molar-refractivity contribution in [3.8, 4) is 55.9 Å². The van der Waals surface area contributed by atoms with Gasteiger partial charge in [0.1, 0.15) is 5.65 Å². The maximum atomic E-state index is 9.06. The van der Waals surface area contributed by atoms with Crippen molar-refractivity contribution in [3.05, 3.63) is 267 Å². The van der Waals surface area contributed by atoms with E-state index in [-0.39, 0.29) is 17.8 Å². The number of pyridine rings is 1. The van der Waals surface area contributed by atoms with Gasteiger partial charge in [0, 0.05) is 51.4 Å². The van der Waals surface area contributed by atoms with Gasteiger partial charge in [0.25, 0.3) is 0 Å². The van der Waals surface area contributed by atoms with Crippen molar-refractivity contribution in [2.24, 2.45) is 0 Å². The maximum absolute atomic E-state index is 9.06. The molecule has 0 saturated heterocycles. The van der Waals surface area contributed by atoms with Crippen LogP contribution in [0.3, 0.4) is 0 Å². The number of rotatable bonds is 11. The number of hydrogen-bond donors (Lipinski definition) is 0. The molecule has 0 spiro atoms. The molecule has 0 aliphatic rings. The van der Waals surface area contributed by atoms with Crippen molar-refractivity contribution in [3.63, 3.8) is 0 Å². The van der Waals surface area contributed by atoms with E-state index in [1.54, 1.807) is 4.90 Å². The van der Waals surface area contributed by atoms with Crippen LogP contribution in [0.15, 0.2) is 267 Å². The number of benzene rings is 9. The standard InChI is InChI=1S/C61H44N4/c1-5-15-45(16-6-1)47-24-34-55(35-25-47)65(56-36-26-48(27-37-56)46-17-7-2-8-18-46)57-40-30-50(31-41-57)49-28-38-54(39-29-49)64(53-21-11-4-12-22-53)58-42-32-52(33-43-58)61-60(51-19-9-3-10-20-51)62-59-23-13-14-44-63(59)61/h1-44H/i4D,11D,12D,21D,22D. The first-order valence-electron chi connectivity index (χ1n) is 24.1. The Kier molecular flexibility index (Phi) is 9.14. The molecular weight excluding hydrogens is 789 g/mol. The number of imidazole rings is 1. The SMILES string of the molecule is [2H]c1c([2H])c([2H])c(N(c2ccc(-c3ccc(N(c4ccc(-c5ccccc5)cc4)c4ccc(-c5ccccc5)cc4)cc3)cc2)c2ccc(-c3c(-c4ccccc4)nc4ccccn34)cc2)c([2H])c1[2H]. The molecule has 0 radical (unpaired) electrons. The highest BCUT2D eigenvalue weighted by Gasteiger charge is 2.19. The monoisotopic (exact) mass is 837 g/mol. The van der Waals surface area contributed by atoms with Crippen LogP contribution in [0.25, 0.3) is 61.5 Å². The van der Waals surface area contributed by atoms with Gasteiger partial charge in [-0.25, -0.2) is 4.98 Å². The van der Waals surface area contributed by atoms with Crippen LogP contribution in [-0.4, -0.2) is 9.38 Å². The second-order valence-electron chi connectivity index (χ2n) is 15.7. The summed E-state index contributed by atoms with van der Waals surface area (Å²) in [5.74, 6) is 0. The zero-order chi connectivity index (χ0) is 47.7. The smallest absolute Gasteiger partial charge is 0.137 e. The first-order chi connectivity index (χ1) is 34.3. The predicted molar refractivity (Wildman–Crippen MR) is 272 cm³/mol. The Hall–Kier alpha value is -8.73. The van der Waals surface area contributed by atoms with E-state index >= 15 is 0 Å². The number of anilines is 6. The third-order valence-corrected chi connectivity index (χ3v) is 11.7. The largest absolute Gasteiger partial charge is 0.311 e. The molecule has 0 amide bonds. The van der Waals surface area contributed by atoms with Gasteiger partial charge in [-0.05, 0) is 118 Å². The lowest BCUT2D eigenvalue weighted by atomic mass is 10.0. The highest BCUT2D eigenvalue weighted by molar-refractivity contribution is 5.85. The Balaban J connectivity index is 0.945. The zero-order valence-electron chi connectivity index (χ0n) is 40.3. The summed E-state index contributed by atoms with van der Waals surface area (Å²) in [5.41, 5.74) is 15.4. The summed E-state index contributed by atoms with van der Waals surface area (Å²) in [6, 6.07) is 76.5. The maximum Gasteiger partial charge on any atom is 0.137 e. The Bertz CT molecular complexity index is 3490. The van der Waals surface area contributed by atoms with Crippen LogP contribution in [0, 0.1) is 0 Å². The molecule has 65 heavy (non-hydrogen) atoms. The molecule has 11 aromatic rings. The van der Waals surface area contributed by atoms with Crippen molar-refractivity contribution in [1.82, 2.24) is 9.38 Å². The average Bonchev–Trinajstić information content (AvgIpc) is 3.82. The summed E-state index contributed by atoms with van der Waals surface area (Å²) < 4.78 is 45.8. The Labute approximate surface area is 387 Å². The van der Waals surface area contributed by atoms with Crippen LogP contribution >= 0.6 is 0 Å². The second-order valence-corrected chi connectivity index (χ2v) is 15.7. The van der Waals surface area contributed by atoms with Crippen molar-refractivity contribution >= 4 is 39.8 Å². The van der Waals surface area contributed by atoms with Gasteiger partial charge in [0.15, 0.2) is 0 Å². The summed E-state index contributed by atoms with van der Waals surface area (Å²) in [6.45, 7) is 0. The minimum atomic E-state index is -0.444. The number of para-hydroxylation sites is 1. The third kappa shape index (κ3) is 7.97. The van der Waals surface area contributed by atoms with Crippen molar-refractivity contribution in [2.75, 3.05) is 9.80 Å². The molecule has 0 unspecified atom stereocenters. The lowest BCUT2D eigenvalue weighted by Gasteiger charge is -2.26. The van der Waals surface area contributed by atoms with Crippen LogP contribution in [0.1, 0.15) is 6.85 Å². The molecule has 308 valence electrons. The molecule has 4 heteroatoms. The molecule has 0 bridgehead atoms. The Morgan fingerprint density at radius 2 is 0.646 bits per heavy atom. The van der Waals surface area contributed by atoms with E-state index < -0.39 is 18.1 Å². The Morgan fingerprint density at radius 1 is 0.308 bits per heavy atom. The lowest BCUT2D eigenvalue weighted by molar-refractivity contribution is 1.19. The molecule has 11 rings (SSSR count). The molecular formula is C61H44N4. The average molecular weight is 838 g/mol. The van der Waals surface area contributed by atoms with E-state index in [4.69, 9.17) is 11.8 Å². The van der Waals surface area contributed by atoms with Crippen LogP contribution in [0.2, 0.25) is 0 Å². The van der Waals surface area contributed by atoms with E-state index in [9.17, 15) is 0 Å². The van der Waals surface area contributed by atoms with E-state index in [1.807, 2.05) is 115 Å². The quantitative estimate of drug-likeness (QED) is 0.130. The first kappa shape index (κ1) is 33.8. The molecule has 0 N–H and O–H groups in total. The minimum absolute atomic E-state index is 0.0596. The lowest BCUT2D eigenvalue weighted by Crippen LogP contribution is -2.10. The fourth-order valence-corrected chi connectivity index (χ4v) is 8.52. The molecule has 4 nitrogen and oxygen atoms in total. The normalized spacial score (nSPS) is 12.2. The molecule has 0 aliphatic heterocycles. The minimum Gasteiger partial charge on any atom is -0.311 e. The number of fused-ring (bicyclic) bond motifs is 1. The second kappa shape index (κ2) is 17.6. The summed E-state index contributed by atoms with van der Waals surface area (Å²) in [6.07, 6.45) is 2.00. The van der Waals surface area contributed by atoms with Gasteiger partial charge in [-0.15, -0.1) is 0 Å². The van der Waals surface area contributed by atoms with Gasteiger partial charge < -0.3 is 9.80 Å². The summed E-state index contributed by atoms with van der Waals surface area (Å²) in [4.78, 5) is 9.01. The van der Waals surface area contributed by atoms with Gasteiger partial charge in [-0.1, -0.05) is 176 Å². The molecule has 2 heterocycles. The molecule has 0 fully saturated rings. The van der Waals surface area contributed by atoms with Crippen LogP contribution in [0.4, 0.5) is 34.1 Å². The van der Waals surface area contributed by atoms with Crippen LogP contribution in [0.5, 0.6) is 0 Å². The van der Waals surface area contributed by atoms with E-state index in [1.165, 1.54) is 0 Å². The van der Waals surface area contributed by atoms with Gasteiger partial charge in [0.2, 0.25) is 0 Å². The van der Waals surface area contributed by atoms with Gasteiger partial charge in [-0.2, -0.15) is 0 Å². The summed E-state index contributed by atoms with van der Waals surface area (Å²) in [5, 5.41) is 0. The summed E-state index contributed by atoms with van der Waals surface area (Å²) in [7, 11) is 0. The fourth-order valence-electron chi connectivity index (χ4n) is 8.52. The molecule has 2 aromatic heterocycles. The van der Waals surface area contributed by atoms with E-state index in [0.29, 0.717) is 11.4 Å². The van der Waals surface area contributed by atoms with Gasteiger partial charge in [0.05, 0.1) is 18.2 Å². The highest BCUT2D eigenvalue weighted by atomic mass is 15.1. The fraction of sp³-hybridized carbons (Fsp3) is 0. The van der Waals surface area contributed by atoms with Crippen molar-refractivity contribution < 1.29 is 6.85 Å². The number of hydrogen-bond acceptors (Lipinski definition) is 3. The highest BCUT2D eigenvalue weighted by Crippen LogP contribution is 2.41.